The molecule has 0 saturated carbocycles. The van der Waals surface area contributed by atoms with Crippen molar-refractivity contribution in [2.75, 3.05) is 0 Å². The number of carbonyl (C=O) groups is 1. The van der Waals surface area contributed by atoms with Crippen LogP contribution in [-0.4, -0.2) is 15.3 Å². The molecule has 3 nitrogen and oxygen atoms in total. The first-order valence-electron chi connectivity index (χ1n) is 3.46. The molecule has 1 aromatic heterocycles. The van der Waals surface area contributed by atoms with Gasteiger partial charge in [-0.3, -0.25) is 4.79 Å². The number of nitrogens with zero attached hydrogens (tertiary/aromatic N) is 1. The van der Waals surface area contributed by atoms with Gasteiger partial charge >= 0.3 is 0 Å². The molecule has 0 saturated heterocycles. The Hall–Kier alpha value is -1.13. The Morgan fingerprint density at radius 3 is 3.00 bits per heavy atom. The number of fused-ring (bicyclic) bond motifs is 1. The zero-order valence-corrected chi connectivity index (χ0v) is 7.89. The summed E-state index contributed by atoms with van der Waals surface area (Å²) in [5.74, 6) is 0.157. The van der Waals surface area contributed by atoms with Crippen LogP contribution in [0.3, 0.4) is 0 Å². The van der Waals surface area contributed by atoms with E-state index in [1.54, 1.807) is 12.1 Å². The van der Waals surface area contributed by atoms with Gasteiger partial charge in [-0.2, -0.15) is 0 Å². The third-order valence-electron chi connectivity index (χ3n) is 1.54. The molecule has 0 fully saturated rings. The standard InChI is InChI=1S/C8H4ClNO2S/c9-7(12)8-10-5-2-1-4(11)3-6(5)13-8/h1-3,11H. The van der Waals surface area contributed by atoms with E-state index in [-0.39, 0.29) is 10.8 Å². The summed E-state index contributed by atoms with van der Waals surface area (Å²) in [6.07, 6.45) is 0. The number of rotatable bonds is 1. The van der Waals surface area contributed by atoms with Gasteiger partial charge in [-0.25, -0.2) is 4.98 Å². The van der Waals surface area contributed by atoms with E-state index in [1.807, 2.05) is 0 Å². The van der Waals surface area contributed by atoms with Crippen molar-refractivity contribution < 1.29 is 9.90 Å². The summed E-state index contributed by atoms with van der Waals surface area (Å²) in [6.45, 7) is 0. The van der Waals surface area contributed by atoms with Gasteiger partial charge in [-0.1, -0.05) is 0 Å². The van der Waals surface area contributed by atoms with Crippen molar-refractivity contribution in [3.8, 4) is 5.75 Å². The lowest BCUT2D eigenvalue weighted by molar-refractivity contribution is 0.108. The fourth-order valence-corrected chi connectivity index (χ4v) is 1.99. The van der Waals surface area contributed by atoms with Crippen LogP contribution in [0.1, 0.15) is 9.80 Å². The van der Waals surface area contributed by atoms with Gasteiger partial charge in [0.2, 0.25) is 0 Å². The number of benzene rings is 1. The van der Waals surface area contributed by atoms with Gasteiger partial charge in [0.1, 0.15) is 5.75 Å². The monoisotopic (exact) mass is 213 g/mol. The molecule has 1 N–H and O–H groups in total. The number of thiazole rings is 1. The molecule has 0 bridgehead atoms. The second kappa shape index (κ2) is 2.97. The van der Waals surface area contributed by atoms with Gasteiger partial charge < -0.3 is 5.11 Å². The van der Waals surface area contributed by atoms with E-state index < -0.39 is 5.24 Å². The molecule has 2 rings (SSSR count). The number of aromatic hydroxyl groups is 1. The van der Waals surface area contributed by atoms with Gasteiger partial charge in [0.15, 0.2) is 5.01 Å². The molecule has 5 heteroatoms. The maximum Gasteiger partial charge on any atom is 0.281 e. The zero-order valence-electron chi connectivity index (χ0n) is 6.32. The fraction of sp³-hybridized carbons (Fsp3) is 0. The summed E-state index contributed by atoms with van der Waals surface area (Å²) in [7, 11) is 0. The van der Waals surface area contributed by atoms with Crippen LogP contribution >= 0.6 is 22.9 Å². The van der Waals surface area contributed by atoms with E-state index in [9.17, 15) is 4.79 Å². The zero-order chi connectivity index (χ0) is 9.42. The van der Waals surface area contributed by atoms with E-state index in [1.165, 1.54) is 17.4 Å². The van der Waals surface area contributed by atoms with Crippen molar-refractivity contribution >= 4 is 38.4 Å². The first kappa shape index (κ1) is 8.47. The molecule has 13 heavy (non-hydrogen) atoms. The van der Waals surface area contributed by atoms with Crippen LogP contribution in [0.5, 0.6) is 5.75 Å². The number of carbonyl (C=O) groups excluding carboxylic acids is 1. The van der Waals surface area contributed by atoms with E-state index >= 15 is 0 Å². The predicted molar refractivity (Wildman–Crippen MR) is 51.5 cm³/mol. The first-order chi connectivity index (χ1) is 6.16. The predicted octanol–water partition coefficient (Wildman–Crippen LogP) is 2.38. The van der Waals surface area contributed by atoms with Crippen LogP contribution in [-0.2, 0) is 0 Å². The Bertz CT molecular complexity index is 480. The van der Waals surface area contributed by atoms with E-state index in [4.69, 9.17) is 16.7 Å². The third kappa shape index (κ3) is 1.50. The summed E-state index contributed by atoms with van der Waals surface area (Å²) in [5, 5.41) is 8.82. The minimum atomic E-state index is -0.569. The molecule has 1 heterocycles. The molecule has 0 aliphatic heterocycles. The molecule has 2 aromatic rings. The van der Waals surface area contributed by atoms with Crippen molar-refractivity contribution in [2.24, 2.45) is 0 Å². The Morgan fingerprint density at radius 2 is 2.31 bits per heavy atom. The van der Waals surface area contributed by atoms with Crippen molar-refractivity contribution in [1.29, 1.82) is 0 Å². The van der Waals surface area contributed by atoms with Gasteiger partial charge in [-0.15, -0.1) is 11.3 Å². The molecule has 1 aromatic carbocycles. The lowest BCUT2D eigenvalue weighted by atomic mass is 10.3. The van der Waals surface area contributed by atoms with Gasteiger partial charge in [0.25, 0.3) is 5.24 Å². The van der Waals surface area contributed by atoms with Crippen molar-refractivity contribution in [1.82, 2.24) is 4.98 Å². The van der Waals surface area contributed by atoms with Crippen LogP contribution < -0.4 is 0 Å². The molecule has 66 valence electrons. The summed E-state index contributed by atoms with van der Waals surface area (Å²) in [6, 6.07) is 4.71. The number of aromatic nitrogens is 1. The molecule has 0 atom stereocenters. The first-order valence-corrected chi connectivity index (χ1v) is 4.65. The average molecular weight is 214 g/mol. The van der Waals surface area contributed by atoms with E-state index in [0.717, 1.165) is 4.70 Å². The highest BCUT2D eigenvalue weighted by atomic mass is 35.5. The Balaban J connectivity index is 2.68. The lowest BCUT2D eigenvalue weighted by Gasteiger charge is -1.87. The minimum absolute atomic E-state index is 0.157. The Labute approximate surface area is 82.6 Å². The summed E-state index contributed by atoms with van der Waals surface area (Å²) < 4.78 is 0.754. The largest absolute Gasteiger partial charge is 0.508 e. The highest BCUT2D eigenvalue weighted by Gasteiger charge is 2.09. The number of phenols is 1. The van der Waals surface area contributed by atoms with Crippen molar-refractivity contribution in [3.63, 3.8) is 0 Å². The molecule has 0 aliphatic carbocycles. The lowest BCUT2D eigenvalue weighted by Crippen LogP contribution is -1.83. The molecular weight excluding hydrogens is 210 g/mol. The number of halogens is 1. The second-order valence-electron chi connectivity index (χ2n) is 2.44. The number of hydrogen-bond donors (Lipinski definition) is 1. The van der Waals surface area contributed by atoms with Crippen molar-refractivity contribution in [2.45, 2.75) is 0 Å². The smallest absolute Gasteiger partial charge is 0.281 e. The van der Waals surface area contributed by atoms with Crippen LogP contribution in [0, 0.1) is 0 Å². The van der Waals surface area contributed by atoms with Crippen LogP contribution in [0.25, 0.3) is 10.2 Å². The summed E-state index contributed by atoms with van der Waals surface area (Å²) >= 11 is 6.43. The Kier molecular flexibility index (Phi) is 1.94. The maximum absolute atomic E-state index is 10.8. The van der Waals surface area contributed by atoms with Gasteiger partial charge in [-0.05, 0) is 29.8 Å². The topological polar surface area (TPSA) is 50.2 Å². The molecular formula is C8H4ClNO2S. The van der Waals surface area contributed by atoms with Crippen LogP contribution in [0.4, 0.5) is 0 Å². The van der Waals surface area contributed by atoms with Crippen molar-refractivity contribution in [3.05, 3.63) is 23.2 Å². The molecule has 0 unspecified atom stereocenters. The van der Waals surface area contributed by atoms with Gasteiger partial charge in [0.05, 0.1) is 10.2 Å². The summed E-state index contributed by atoms with van der Waals surface area (Å²) in [5.41, 5.74) is 0.673. The Morgan fingerprint density at radius 1 is 1.54 bits per heavy atom. The quantitative estimate of drug-likeness (QED) is 0.740. The third-order valence-corrected chi connectivity index (χ3v) is 2.85. The SMILES string of the molecule is O=C(Cl)c1nc2ccc(O)cc2s1. The van der Waals surface area contributed by atoms with Crippen LogP contribution in [0.2, 0.25) is 0 Å². The normalized spacial score (nSPS) is 10.5. The summed E-state index contributed by atoms with van der Waals surface area (Å²) in [4.78, 5) is 14.7. The molecule has 0 amide bonds. The van der Waals surface area contributed by atoms with E-state index in [2.05, 4.69) is 4.98 Å². The second-order valence-corrected chi connectivity index (χ2v) is 3.82. The molecule has 0 aliphatic rings. The van der Waals surface area contributed by atoms with Gasteiger partial charge in [0, 0.05) is 0 Å². The number of phenolic OH excluding ortho intramolecular Hbond substituents is 1. The fourth-order valence-electron chi connectivity index (χ4n) is 0.997. The average Bonchev–Trinajstić information content (AvgIpc) is 2.46. The van der Waals surface area contributed by atoms with Crippen LogP contribution in [0.15, 0.2) is 18.2 Å². The van der Waals surface area contributed by atoms with E-state index in [0.29, 0.717) is 5.52 Å². The molecule has 0 spiro atoms. The minimum Gasteiger partial charge on any atom is -0.508 e. The highest BCUT2D eigenvalue weighted by molar-refractivity contribution is 7.21. The molecule has 0 radical (unpaired) electrons. The highest BCUT2D eigenvalue weighted by Crippen LogP contribution is 2.26. The number of hydrogen-bond acceptors (Lipinski definition) is 4. The maximum atomic E-state index is 10.8.